The zero-order valence-electron chi connectivity index (χ0n) is 11.4. The molecule has 1 aliphatic heterocycles. The van der Waals surface area contributed by atoms with Gasteiger partial charge in [-0.25, -0.2) is 4.39 Å². The summed E-state index contributed by atoms with van der Waals surface area (Å²) in [6.45, 7) is 0.622. The summed E-state index contributed by atoms with van der Waals surface area (Å²) in [5.41, 5.74) is 2.36. The number of rotatable bonds is 3. The molecule has 0 saturated carbocycles. The van der Waals surface area contributed by atoms with E-state index in [1.165, 1.54) is 12.1 Å². The Morgan fingerprint density at radius 1 is 1.14 bits per heavy atom. The fourth-order valence-corrected chi connectivity index (χ4v) is 3.16. The Labute approximate surface area is 132 Å². The van der Waals surface area contributed by atoms with Crippen molar-refractivity contribution in [3.63, 3.8) is 0 Å². The van der Waals surface area contributed by atoms with Gasteiger partial charge in [0.05, 0.1) is 12.6 Å². The Morgan fingerprint density at radius 2 is 1.90 bits per heavy atom. The Morgan fingerprint density at radius 3 is 2.67 bits per heavy atom. The van der Waals surface area contributed by atoms with Gasteiger partial charge in [0.2, 0.25) is 0 Å². The minimum Gasteiger partial charge on any atom is -0.493 e. The molecule has 110 valence electrons. The first-order chi connectivity index (χ1) is 10.1. The summed E-state index contributed by atoms with van der Waals surface area (Å²) < 4.78 is 19.9. The van der Waals surface area contributed by atoms with E-state index in [0.29, 0.717) is 22.2 Å². The standard InChI is InChI=1S/C16H14Cl2FNO/c1-20-15(12-7-10(17)2-3-14(12)19)13-8-11(18)6-9-4-5-21-16(9)13/h2-3,6-8,15,20H,4-5H2,1H3. The molecule has 5 heteroatoms. The number of nitrogens with one attached hydrogen (secondary N) is 1. The van der Waals surface area contributed by atoms with Crippen LogP contribution in [-0.2, 0) is 6.42 Å². The van der Waals surface area contributed by atoms with Gasteiger partial charge in [0, 0.05) is 27.6 Å². The van der Waals surface area contributed by atoms with Crippen LogP contribution in [0.1, 0.15) is 22.7 Å². The highest BCUT2D eigenvalue weighted by Crippen LogP contribution is 2.39. The minimum absolute atomic E-state index is 0.314. The summed E-state index contributed by atoms with van der Waals surface area (Å²) in [5, 5.41) is 4.24. The molecular weight excluding hydrogens is 312 g/mol. The van der Waals surface area contributed by atoms with Crippen LogP contribution in [0.4, 0.5) is 4.39 Å². The van der Waals surface area contributed by atoms with Crippen molar-refractivity contribution in [2.24, 2.45) is 0 Å². The quantitative estimate of drug-likeness (QED) is 0.904. The highest BCUT2D eigenvalue weighted by Gasteiger charge is 2.25. The molecule has 2 aromatic carbocycles. The lowest BCUT2D eigenvalue weighted by Gasteiger charge is -2.21. The van der Waals surface area contributed by atoms with Gasteiger partial charge in [-0.2, -0.15) is 0 Å². The average Bonchev–Trinajstić information content (AvgIpc) is 2.91. The summed E-state index contributed by atoms with van der Waals surface area (Å²) in [4.78, 5) is 0. The zero-order valence-corrected chi connectivity index (χ0v) is 12.9. The molecule has 3 rings (SSSR count). The molecule has 0 saturated heterocycles. The van der Waals surface area contributed by atoms with Gasteiger partial charge in [0.1, 0.15) is 11.6 Å². The average molecular weight is 326 g/mol. The van der Waals surface area contributed by atoms with Crippen LogP contribution in [0, 0.1) is 5.82 Å². The second kappa shape index (κ2) is 5.84. The van der Waals surface area contributed by atoms with Crippen LogP contribution >= 0.6 is 23.2 Å². The number of fused-ring (bicyclic) bond motifs is 1. The van der Waals surface area contributed by atoms with Crippen LogP contribution in [0.2, 0.25) is 10.0 Å². The Bertz CT molecular complexity index is 690. The molecule has 2 nitrogen and oxygen atoms in total. The molecule has 0 bridgehead atoms. The molecule has 1 atom stereocenters. The summed E-state index contributed by atoms with van der Waals surface area (Å²) in [5.74, 6) is 0.476. The molecule has 1 N–H and O–H groups in total. The van der Waals surface area contributed by atoms with Crippen molar-refractivity contribution in [1.29, 1.82) is 0 Å². The lowest BCUT2D eigenvalue weighted by molar-refractivity contribution is 0.350. The molecule has 0 fully saturated rings. The molecule has 0 spiro atoms. The Kier molecular flexibility index (Phi) is 4.07. The fourth-order valence-electron chi connectivity index (χ4n) is 2.73. The van der Waals surface area contributed by atoms with Gasteiger partial charge in [-0.1, -0.05) is 23.2 Å². The van der Waals surface area contributed by atoms with E-state index in [0.717, 1.165) is 23.3 Å². The third-order valence-electron chi connectivity index (χ3n) is 3.65. The van der Waals surface area contributed by atoms with Crippen molar-refractivity contribution in [2.45, 2.75) is 12.5 Å². The van der Waals surface area contributed by atoms with Crippen molar-refractivity contribution in [2.75, 3.05) is 13.7 Å². The van der Waals surface area contributed by atoms with E-state index in [2.05, 4.69) is 5.32 Å². The van der Waals surface area contributed by atoms with E-state index in [1.807, 2.05) is 12.1 Å². The highest BCUT2D eigenvalue weighted by atomic mass is 35.5. The van der Waals surface area contributed by atoms with E-state index in [1.54, 1.807) is 13.1 Å². The molecule has 0 radical (unpaired) electrons. The summed E-state index contributed by atoms with van der Waals surface area (Å²) in [6.07, 6.45) is 0.817. The van der Waals surface area contributed by atoms with Gasteiger partial charge >= 0.3 is 0 Å². The third kappa shape index (κ3) is 2.73. The van der Waals surface area contributed by atoms with Gasteiger partial charge in [-0.05, 0) is 42.9 Å². The topological polar surface area (TPSA) is 21.3 Å². The van der Waals surface area contributed by atoms with E-state index < -0.39 is 0 Å². The second-order valence-electron chi connectivity index (χ2n) is 4.97. The molecule has 1 unspecified atom stereocenters. The van der Waals surface area contributed by atoms with Crippen LogP contribution < -0.4 is 10.1 Å². The molecular formula is C16H14Cl2FNO. The maximum Gasteiger partial charge on any atom is 0.128 e. The largest absolute Gasteiger partial charge is 0.493 e. The second-order valence-corrected chi connectivity index (χ2v) is 5.84. The fraction of sp³-hybridized carbons (Fsp3) is 0.250. The maximum atomic E-state index is 14.2. The highest BCUT2D eigenvalue weighted by molar-refractivity contribution is 6.31. The van der Waals surface area contributed by atoms with Crippen molar-refractivity contribution in [1.82, 2.24) is 5.32 Å². The summed E-state index contributed by atoms with van der Waals surface area (Å²) >= 11 is 12.2. The van der Waals surface area contributed by atoms with Crippen molar-refractivity contribution in [3.8, 4) is 5.75 Å². The smallest absolute Gasteiger partial charge is 0.128 e. The van der Waals surface area contributed by atoms with Gasteiger partial charge in [-0.3, -0.25) is 0 Å². The Balaban J connectivity index is 2.15. The van der Waals surface area contributed by atoms with Gasteiger partial charge in [0.15, 0.2) is 0 Å². The molecule has 0 amide bonds. The van der Waals surface area contributed by atoms with Crippen molar-refractivity contribution < 1.29 is 9.13 Å². The maximum absolute atomic E-state index is 14.2. The number of hydrogen-bond acceptors (Lipinski definition) is 2. The molecule has 1 aliphatic rings. The van der Waals surface area contributed by atoms with E-state index in [4.69, 9.17) is 27.9 Å². The first-order valence-corrected chi connectivity index (χ1v) is 7.43. The van der Waals surface area contributed by atoms with Crippen LogP contribution in [0.25, 0.3) is 0 Å². The minimum atomic E-state index is -0.366. The first-order valence-electron chi connectivity index (χ1n) is 6.67. The molecule has 0 aliphatic carbocycles. The lowest BCUT2D eigenvalue weighted by atomic mass is 9.95. The number of benzene rings is 2. The lowest BCUT2D eigenvalue weighted by Crippen LogP contribution is -2.19. The van der Waals surface area contributed by atoms with Crippen LogP contribution in [0.5, 0.6) is 5.75 Å². The molecule has 1 heterocycles. The number of ether oxygens (including phenoxy) is 1. The molecule has 2 aromatic rings. The number of halogens is 3. The van der Waals surface area contributed by atoms with Crippen LogP contribution in [-0.4, -0.2) is 13.7 Å². The van der Waals surface area contributed by atoms with Crippen molar-refractivity contribution >= 4 is 23.2 Å². The predicted molar refractivity (Wildman–Crippen MR) is 83.0 cm³/mol. The summed E-state index contributed by atoms with van der Waals surface area (Å²) in [6, 6.07) is 7.87. The van der Waals surface area contributed by atoms with Gasteiger partial charge in [0.25, 0.3) is 0 Å². The van der Waals surface area contributed by atoms with Crippen LogP contribution in [0.15, 0.2) is 30.3 Å². The van der Waals surface area contributed by atoms with E-state index in [9.17, 15) is 4.39 Å². The molecule has 0 aromatic heterocycles. The van der Waals surface area contributed by atoms with Crippen LogP contribution in [0.3, 0.4) is 0 Å². The zero-order chi connectivity index (χ0) is 15.0. The number of hydrogen-bond donors (Lipinski definition) is 1. The van der Waals surface area contributed by atoms with E-state index >= 15 is 0 Å². The van der Waals surface area contributed by atoms with Crippen molar-refractivity contribution in [3.05, 3.63) is 62.9 Å². The van der Waals surface area contributed by atoms with E-state index in [-0.39, 0.29) is 11.9 Å². The van der Waals surface area contributed by atoms with Gasteiger partial charge in [-0.15, -0.1) is 0 Å². The predicted octanol–water partition coefficient (Wildman–Crippen LogP) is 4.38. The Hall–Kier alpha value is -1.29. The third-order valence-corrected chi connectivity index (χ3v) is 4.10. The van der Waals surface area contributed by atoms with Gasteiger partial charge < -0.3 is 10.1 Å². The first kappa shape index (κ1) is 14.6. The molecule has 21 heavy (non-hydrogen) atoms. The monoisotopic (exact) mass is 325 g/mol. The SMILES string of the molecule is CNC(c1cc(Cl)ccc1F)c1cc(Cl)cc2c1OCC2. The summed E-state index contributed by atoms with van der Waals surface area (Å²) in [7, 11) is 1.77. The normalized spacial score (nSPS) is 14.7.